The van der Waals surface area contributed by atoms with Crippen molar-refractivity contribution in [3.05, 3.63) is 0 Å². The topological polar surface area (TPSA) is 72.8 Å². The Morgan fingerprint density at radius 3 is 1.73 bits per heavy atom. The predicted molar refractivity (Wildman–Crippen MR) is 107 cm³/mol. The Hall–Kier alpha value is -0.883. The Labute approximate surface area is 161 Å². The highest BCUT2D eigenvalue weighted by Crippen LogP contribution is 2.30. The summed E-state index contributed by atoms with van der Waals surface area (Å²) in [4.78, 5) is 24.2. The minimum absolute atomic E-state index is 0.281. The molecule has 0 aliphatic carbocycles. The summed E-state index contributed by atoms with van der Waals surface area (Å²) in [6.45, 7) is 8.72. The molecule has 26 heavy (non-hydrogen) atoms. The van der Waals surface area contributed by atoms with E-state index in [1.165, 1.54) is 0 Å². The van der Waals surface area contributed by atoms with Gasteiger partial charge in [-0.2, -0.15) is 0 Å². The number of esters is 1. The third-order valence-corrected chi connectivity index (χ3v) is 9.12. The van der Waals surface area contributed by atoms with Gasteiger partial charge in [-0.05, 0) is 24.6 Å². The number of unbranched alkanes of at least 4 members (excludes halogenated alkanes) is 4. The maximum absolute atomic E-state index is 12.4. The molecule has 0 bridgehead atoms. The molecule has 1 N–H and O–H groups in total. The van der Waals surface area contributed by atoms with E-state index in [2.05, 4.69) is 20.8 Å². The standard InChI is InChI=1S/C20H40O5Si/c1-5-9-13-24-20(23)18(21)17-19(22)25-26(14-10-6-2,15-11-7-3)16-12-8-4/h18,21H,5-17H2,1-4H3. The molecule has 0 rings (SSSR count). The molecule has 0 spiro atoms. The zero-order valence-electron chi connectivity index (χ0n) is 17.3. The van der Waals surface area contributed by atoms with Gasteiger partial charge in [0.25, 0.3) is 14.3 Å². The van der Waals surface area contributed by atoms with Crippen LogP contribution in [0.15, 0.2) is 0 Å². The van der Waals surface area contributed by atoms with Gasteiger partial charge in [-0.25, -0.2) is 4.79 Å². The van der Waals surface area contributed by atoms with Crippen molar-refractivity contribution in [2.75, 3.05) is 6.61 Å². The van der Waals surface area contributed by atoms with Crippen molar-refractivity contribution in [3.63, 3.8) is 0 Å². The first-order valence-corrected chi connectivity index (χ1v) is 13.0. The van der Waals surface area contributed by atoms with Crippen LogP contribution in [-0.2, 0) is 18.8 Å². The molecule has 0 aromatic carbocycles. The molecule has 1 atom stereocenters. The summed E-state index contributed by atoms with van der Waals surface area (Å²) in [5, 5.41) is 9.95. The quantitative estimate of drug-likeness (QED) is 0.230. The normalized spacial score (nSPS) is 12.7. The van der Waals surface area contributed by atoms with Crippen LogP contribution in [0.25, 0.3) is 0 Å². The van der Waals surface area contributed by atoms with Gasteiger partial charge < -0.3 is 14.3 Å². The molecular formula is C20H40O5Si. The fourth-order valence-corrected chi connectivity index (χ4v) is 7.58. The van der Waals surface area contributed by atoms with Gasteiger partial charge >= 0.3 is 5.97 Å². The number of rotatable bonds is 16. The molecule has 0 aromatic heterocycles. The fraction of sp³-hybridized carbons (Fsp3) is 0.900. The van der Waals surface area contributed by atoms with Gasteiger partial charge in [0.2, 0.25) is 0 Å². The highest BCUT2D eigenvalue weighted by molar-refractivity contribution is 6.75. The van der Waals surface area contributed by atoms with Gasteiger partial charge in [-0.3, -0.25) is 4.79 Å². The maximum atomic E-state index is 12.4. The summed E-state index contributed by atoms with van der Waals surface area (Å²) < 4.78 is 11.0. The van der Waals surface area contributed by atoms with Gasteiger partial charge in [0.1, 0.15) is 0 Å². The SMILES string of the molecule is CCCCOC(=O)C(O)CC(=O)O[Si](CCCC)(CCCC)CCCC. The van der Waals surface area contributed by atoms with Crippen LogP contribution in [0.5, 0.6) is 0 Å². The average Bonchev–Trinajstić information content (AvgIpc) is 2.62. The number of carbonyl (C=O) groups is 2. The Morgan fingerprint density at radius 2 is 1.31 bits per heavy atom. The number of hydrogen-bond acceptors (Lipinski definition) is 5. The molecule has 0 saturated carbocycles. The molecule has 5 nitrogen and oxygen atoms in total. The summed E-state index contributed by atoms with van der Waals surface area (Å²) in [5.41, 5.74) is 0. The van der Waals surface area contributed by atoms with Crippen molar-refractivity contribution in [2.45, 2.75) is 110 Å². The lowest BCUT2D eigenvalue weighted by Gasteiger charge is -2.31. The minimum atomic E-state index is -2.17. The molecule has 0 aliphatic rings. The monoisotopic (exact) mass is 388 g/mol. The highest BCUT2D eigenvalue weighted by atomic mass is 28.4. The molecular weight excluding hydrogens is 348 g/mol. The van der Waals surface area contributed by atoms with Crippen molar-refractivity contribution in [1.29, 1.82) is 0 Å². The fourth-order valence-electron chi connectivity index (χ4n) is 2.96. The van der Waals surface area contributed by atoms with Gasteiger partial charge in [0.15, 0.2) is 6.10 Å². The Bertz CT molecular complexity index is 365. The van der Waals surface area contributed by atoms with Crippen molar-refractivity contribution in [3.8, 4) is 0 Å². The summed E-state index contributed by atoms with van der Waals surface area (Å²) in [7, 11) is -2.17. The molecule has 0 saturated heterocycles. The number of aliphatic hydroxyl groups excluding tert-OH is 1. The number of carbonyl (C=O) groups excluding carboxylic acids is 2. The smallest absolute Gasteiger partial charge is 0.335 e. The van der Waals surface area contributed by atoms with E-state index in [0.29, 0.717) is 0 Å². The van der Waals surface area contributed by atoms with Crippen LogP contribution in [-0.4, -0.2) is 38.1 Å². The molecule has 1 unspecified atom stereocenters. The predicted octanol–water partition coefficient (Wildman–Crippen LogP) is 4.97. The lowest BCUT2D eigenvalue weighted by Crippen LogP contribution is -2.41. The Balaban J connectivity index is 4.81. The molecule has 0 fully saturated rings. The maximum Gasteiger partial charge on any atom is 0.335 e. The van der Waals surface area contributed by atoms with Crippen molar-refractivity contribution in [2.24, 2.45) is 0 Å². The molecule has 0 heterocycles. The third kappa shape index (κ3) is 11.0. The first-order chi connectivity index (χ1) is 12.4. The molecule has 0 amide bonds. The van der Waals surface area contributed by atoms with E-state index in [0.717, 1.165) is 69.5 Å². The summed E-state index contributed by atoms with van der Waals surface area (Å²) in [6, 6.07) is 2.94. The van der Waals surface area contributed by atoms with Gasteiger partial charge in [0.05, 0.1) is 13.0 Å². The van der Waals surface area contributed by atoms with E-state index >= 15 is 0 Å². The van der Waals surface area contributed by atoms with Crippen molar-refractivity contribution < 1.29 is 23.9 Å². The summed E-state index contributed by atoms with van der Waals surface area (Å²) in [5.74, 6) is -1.17. The second-order valence-corrected chi connectivity index (χ2v) is 11.3. The van der Waals surface area contributed by atoms with E-state index in [4.69, 9.17) is 9.16 Å². The van der Waals surface area contributed by atoms with Gasteiger partial charge in [-0.1, -0.05) is 72.6 Å². The molecule has 0 aliphatic heterocycles. The van der Waals surface area contributed by atoms with Crippen LogP contribution >= 0.6 is 0 Å². The summed E-state index contributed by atoms with van der Waals surface area (Å²) >= 11 is 0. The number of aliphatic hydroxyl groups is 1. The van der Waals surface area contributed by atoms with E-state index in [1.54, 1.807) is 0 Å². The first-order valence-electron chi connectivity index (χ1n) is 10.5. The number of ether oxygens (including phenoxy) is 1. The second kappa shape index (κ2) is 15.2. The zero-order chi connectivity index (χ0) is 19.8. The van der Waals surface area contributed by atoms with Crippen LogP contribution in [0.4, 0.5) is 0 Å². The Kier molecular flexibility index (Phi) is 14.7. The average molecular weight is 389 g/mol. The number of hydrogen-bond donors (Lipinski definition) is 1. The largest absolute Gasteiger partial charge is 0.519 e. The summed E-state index contributed by atoms with van der Waals surface area (Å²) in [6.07, 6.45) is 6.37. The van der Waals surface area contributed by atoms with Crippen LogP contribution in [0.2, 0.25) is 18.1 Å². The highest BCUT2D eigenvalue weighted by Gasteiger charge is 2.37. The van der Waals surface area contributed by atoms with Gasteiger partial charge in [-0.15, -0.1) is 0 Å². The van der Waals surface area contributed by atoms with Crippen LogP contribution < -0.4 is 0 Å². The lowest BCUT2D eigenvalue weighted by atomic mass is 10.2. The molecule has 0 radical (unpaired) electrons. The minimum Gasteiger partial charge on any atom is -0.519 e. The molecule has 6 heteroatoms. The third-order valence-electron chi connectivity index (χ3n) is 4.66. The van der Waals surface area contributed by atoms with Crippen molar-refractivity contribution >= 4 is 20.3 Å². The first kappa shape index (κ1) is 25.1. The van der Waals surface area contributed by atoms with E-state index in [9.17, 15) is 14.7 Å². The lowest BCUT2D eigenvalue weighted by molar-refractivity contribution is -0.157. The zero-order valence-corrected chi connectivity index (χ0v) is 18.3. The van der Waals surface area contributed by atoms with E-state index in [-0.39, 0.29) is 13.0 Å². The molecule has 0 aromatic rings. The van der Waals surface area contributed by atoms with Gasteiger partial charge in [0, 0.05) is 0 Å². The van der Waals surface area contributed by atoms with Crippen LogP contribution in [0.3, 0.4) is 0 Å². The van der Waals surface area contributed by atoms with E-state index < -0.39 is 26.4 Å². The van der Waals surface area contributed by atoms with Crippen LogP contribution in [0, 0.1) is 0 Å². The second-order valence-electron chi connectivity index (χ2n) is 7.21. The van der Waals surface area contributed by atoms with Crippen molar-refractivity contribution in [1.82, 2.24) is 0 Å². The Morgan fingerprint density at radius 1 is 0.846 bits per heavy atom. The molecule has 154 valence electrons. The van der Waals surface area contributed by atoms with E-state index in [1.807, 2.05) is 6.92 Å². The van der Waals surface area contributed by atoms with Crippen LogP contribution in [0.1, 0.15) is 85.5 Å².